The molecule has 104 valence electrons. The van der Waals surface area contributed by atoms with E-state index in [-0.39, 0.29) is 18.0 Å². The van der Waals surface area contributed by atoms with Gasteiger partial charge in [0, 0.05) is 17.6 Å². The summed E-state index contributed by atoms with van der Waals surface area (Å²) in [7, 11) is 0. The minimum Gasteiger partial charge on any atom is -0.449 e. The second-order valence-electron chi connectivity index (χ2n) is 4.96. The minimum absolute atomic E-state index is 0.0500. The number of carbonyl (C=O) groups is 2. The van der Waals surface area contributed by atoms with Crippen molar-refractivity contribution in [1.82, 2.24) is 4.90 Å². The van der Waals surface area contributed by atoms with E-state index >= 15 is 0 Å². The Bertz CT molecular complexity index is 407. The standard InChI is InChI=1S/C15H21NO3/c1-11(2)16(12(3)4)15(18)14(19-10-17)13-8-6-5-7-9-13/h5-12,14H,1-4H3. The van der Waals surface area contributed by atoms with E-state index in [0.717, 1.165) is 0 Å². The first-order valence-electron chi connectivity index (χ1n) is 6.45. The lowest BCUT2D eigenvalue weighted by atomic mass is 10.1. The molecule has 0 spiro atoms. The second kappa shape index (κ2) is 6.92. The molecule has 1 unspecified atom stereocenters. The van der Waals surface area contributed by atoms with Gasteiger partial charge in [-0.25, -0.2) is 0 Å². The highest BCUT2D eigenvalue weighted by Crippen LogP contribution is 2.22. The van der Waals surface area contributed by atoms with E-state index in [0.29, 0.717) is 12.0 Å². The summed E-state index contributed by atoms with van der Waals surface area (Å²) in [6.07, 6.45) is -0.872. The Morgan fingerprint density at radius 2 is 1.63 bits per heavy atom. The van der Waals surface area contributed by atoms with Gasteiger partial charge in [-0.05, 0) is 27.7 Å². The summed E-state index contributed by atoms with van der Waals surface area (Å²) in [5.74, 6) is -0.191. The van der Waals surface area contributed by atoms with Gasteiger partial charge in [-0.1, -0.05) is 30.3 Å². The van der Waals surface area contributed by atoms with Crippen molar-refractivity contribution in [1.29, 1.82) is 0 Å². The van der Waals surface area contributed by atoms with E-state index in [2.05, 4.69) is 0 Å². The summed E-state index contributed by atoms with van der Waals surface area (Å²) in [5, 5.41) is 0. The van der Waals surface area contributed by atoms with Crippen LogP contribution in [0.5, 0.6) is 0 Å². The van der Waals surface area contributed by atoms with Gasteiger partial charge in [-0.3, -0.25) is 9.59 Å². The van der Waals surface area contributed by atoms with Crippen LogP contribution in [0.4, 0.5) is 0 Å². The van der Waals surface area contributed by atoms with Crippen molar-refractivity contribution in [3.63, 3.8) is 0 Å². The summed E-state index contributed by atoms with van der Waals surface area (Å²) in [6, 6.07) is 9.16. The van der Waals surface area contributed by atoms with Gasteiger partial charge in [0.1, 0.15) is 0 Å². The summed E-state index contributed by atoms with van der Waals surface area (Å²) in [5.41, 5.74) is 0.686. The zero-order valence-electron chi connectivity index (χ0n) is 11.9. The van der Waals surface area contributed by atoms with Gasteiger partial charge in [-0.2, -0.15) is 0 Å². The largest absolute Gasteiger partial charge is 0.449 e. The van der Waals surface area contributed by atoms with E-state index < -0.39 is 6.10 Å². The van der Waals surface area contributed by atoms with Gasteiger partial charge in [-0.15, -0.1) is 0 Å². The molecule has 1 rings (SSSR count). The number of hydrogen-bond donors (Lipinski definition) is 0. The highest BCUT2D eigenvalue weighted by Gasteiger charge is 2.30. The van der Waals surface area contributed by atoms with Crippen LogP contribution in [-0.4, -0.2) is 29.4 Å². The lowest BCUT2D eigenvalue weighted by molar-refractivity contribution is -0.154. The third kappa shape index (κ3) is 3.81. The average molecular weight is 263 g/mol. The van der Waals surface area contributed by atoms with E-state index in [1.165, 1.54) is 0 Å². The van der Waals surface area contributed by atoms with Gasteiger partial charge >= 0.3 is 0 Å². The molecule has 0 N–H and O–H groups in total. The van der Waals surface area contributed by atoms with Crippen LogP contribution in [0.2, 0.25) is 0 Å². The molecule has 1 aromatic rings. The van der Waals surface area contributed by atoms with Crippen molar-refractivity contribution >= 4 is 12.4 Å². The maximum atomic E-state index is 12.6. The summed E-state index contributed by atoms with van der Waals surface area (Å²) >= 11 is 0. The molecule has 4 nitrogen and oxygen atoms in total. The Morgan fingerprint density at radius 1 is 1.11 bits per heavy atom. The molecule has 4 heteroatoms. The normalized spacial score (nSPS) is 12.3. The van der Waals surface area contributed by atoms with E-state index in [1.54, 1.807) is 17.0 Å². The lowest BCUT2D eigenvalue weighted by Gasteiger charge is -2.33. The van der Waals surface area contributed by atoms with Gasteiger partial charge in [0.25, 0.3) is 12.4 Å². The molecule has 0 heterocycles. The summed E-state index contributed by atoms with van der Waals surface area (Å²) in [6.45, 7) is 8.11. The molecule has 1 aromatic carbocycles. The van der Waals surface area contributed by atoms with Crippen LogP contribution >= 0.6 is 0 Å². The molecule has 0 saturated carbocycles. The number of ether oxygens (including phenoxy) is 1. The third-order valence-electron chi connectivity index (χ3n) is 2.89. The second-order valence-corrected chi connectivity index (χ2v) is 4.96. The van der Waals surface area contributed by atoms with Crippen molar-refractivity contribution in [3.05, 3.63) is 35.9 Å². The van der Waals surface area contributed by atoms with Crippen LogP contribution in [0.1, 0.15) is 39.4 Å². The first kappa shape index (κ1) is 15.2. The zero-order chi connectivity index (χ0) is 14.4. The smallest absolute Gasteiger partial charge is 0.294 e. The van der Waals surface area contributed by atoms with Gasteiger partial charge in [0.05, 0.1) is 0 Å². The molecule has 1 atom stereocenters. The fourth-order valence-electron chi connectivity index (χ4n) is 2.20. The molecule has 0 saturated heterocycles. The predicted octanol–water partition coefficient (Wildman–Crippen LogP) is 2.55. The molecule has 1 amide bonds. The molecule has 0 aliphatic heterocycles. The van der Waals surface area contributed by atoms with Gasteiger partial charge in [0.2, 0.25) is 6.10 Å². The molecule has 0 aliphatic carbocycles. The minimum atomic E-state index is -0.872. The van der Waals surface area contributed by atoms with E-state index in [1.807, 2.05) is 45.9 Å². The lowest BCUT2D eigenvalue weighted by Crippen LogP contribution is -2.45. The molecule has 0 fully saturated rings. The Balaban J connectivity index is 3.05. The van der Waals surface area contributed by atoms with Crippen LogP contribution in [-0.2, 0) is 14.3 Å². The van der Waals surface area contributed by atoms with E-state index in [4.69, 9.17) is 4.74 Å². The molecular weight excluding hydrogens is 242 g/mol. The van der Waals surface area contributed by atoms with Gasteiger partial charge in [0.15, 0.2) is 0 Å². The van der Waals surface area contributed by atoms with Crippen LogP contribution in [0, 0.1) is 0 Å². The molecule has 0 bridgehead atoms. The zero-order valence-corrected chi connectivity index (χ0v) is 11.9. The van der Waals surface area contributed by atoms with Crippen molar-refractivity contribution in [2.75, 3.05) is 0 Å². The van der Waals surface area contributed by atoms with Crippen molar-refractivity contribution < 1.29 is 14.3 Å². The maximum Gasteiger partial charge on any atom is 0.294 e. The van der Waals surface area contributed by atoms with Crippen LogP contribution < -0.4 is 0 Å². The third-order valence-corrected chi connectivity index (χ3v) is 2.89. The summed E-state index contributed by atoms with van der Waals surface area (Å²) in [4.78, 5) is 24.9. The molecule has 19 heavy (non-hydrogen) atoms. The highest BCUT2D eigenvalue weighted by molar-refractivity contribution is 5.83. The first-order chi connectivity index (χ1) is 8.99. The molecular formula is C15H21NO3. The van der Waals surface area contributed by atoms with Crippen molar-refractivity contribution in [2.24, 2.45) is 0 Å². The number of hydrogen-bond acceptors (Lipinski definition) is 3. The number of rotatable bonds is 6. The first-order valence-corrected chi connectivity index (χ1v) is 6.45. The van der Waals surface area contributed by atoms with Crippen LogP contribution in [0.3, 0.4) is 0 Å². The quantitative estimate of drug-likeness (QED) is 0.741. The molecule has 0 aliphatic rings. The number of amides is 1. The SMILES string of the molecule is CC(C)N(C(=O)C(OC=O)c1ccccc1)C(C)C. The average Bonchev–Trinajstić information content (AvgIpc) is 2.36. The number of benzene rings is 1. The van der Waals surface area contributed by atoms with E-state index in [9.17, 15) is 9.59 Å². The fourth-order valence-corrected chi connectivity index (χ4v) is 2.20. The van der Waals surface area contributed by atoms with Crippen molar-refractivity contribution in [2.45, 2.75) is 45.9 Å². The van der Waals surface area contributed by atoms with Crippen molar-refractivity contribution in [3.8, 4) is 0 Å². The van der Waals surface area contributed by atoms with Gasteiger partial charge < -0.3 is 9.64 Å². The number of carbonyl (C=O) groups excluding carboxylic acids is 2. The highest BCUT2D eigenvalue weighted by atomic mass is 16.5. The predicted molar refractivity (Wildman–Crippen MR) is 73.5 cm³/mol. The number of nitrogens with zero attached hydrogens (tertiary/aromatic N) is 1. The monoisotopic (exact) mass is 263 g/mol. The van der Waals surface area contributed by atoms with Crippen LogP contribution in [0.15, 0.2) is 30.3 Å². The topological polar surface area (TPSA) is 46.6 Å². The maximum absolute atomic E-state index is 12.6. The Morgan fingerprint density at radius 3 is 2.05 bits per heavy atom. The Hall–Kier alpha value is -1.84. The molecule has 0 radical (unpaired) electrons. The molecule has 0 aromatic heterocycles. The Kier molecular flexibility index (Phi) is 5.55. The summed E-state index contributed by atoms with van der Waals surface area (Å²) < 4.78 is 5.00. The fraction of sp³-hybridized carbons (Fsp3) is 0.467. The Labute approximate surface area is 114 Å². The van der Waals surface area contributed by atoms with Crippen LogP contribution in [0.25, 0.3) is 0 Å².